The molecule has 0 radical (unpaired) electrons. The molecule has 0 spiro atoms. The Bertz CT molecular complexity index is 379. The fraction of sp³-hybridized carbons (Fsp3) is 0.722. The molecule has 3 nitrogen and oxygen atoms in total. The normalized spacial score (nSPS) is 16.6. The highest BCUT2D eigenvalue weighted by Crippen LogP contribution is 2.19. The van der Waals surface area contributed by atoms with Crippen molar-refractivity contribution in [2.75, 3.05) is 7.05 Å². The third-order valence-corrected chi connectivity index (χ3v) is 3.82. The summed E-state index contributed by atoms with van der Waals surface area (Å²) in [6, 6.07) is -0.252. The van der Waals surface area contributed by atoms with E-state index in [-0.39, 0.29) is 23.7 Å². The van der Waals surface area contributed by atoms with Gasteiger partial charge in [0, 0.05) is 17.9 Å². The van der Waals surface area contributed by atoms with Crippen molar-refractivity contribution in [1.82, 2.24) is 4.90 Å². The van der Waals surface area contributed by atoms with Crippen LogP contribution in [0, 0.1) is 11.8 Å². The molecule has 0 unspecified atom stereocenters. The lowest BCUT2D eigenvalue weighted by Crippen LogP contribution is -2.53. The Morgan fingerprint density at radius 2 is 1.62 bits per heavy atom. The number of hydrogen-bond donors (Lipinski definition) is 1. The van der Waals surface area contributed by atoms with Crippen LogP contribution in [0.3, 0.4) is 0 Å². The fourth-order valence-corrected chi connectivity index (χ4v) is 2.10. The molecule has 0 aromatic rings. The van der Waals surface area contributed by atoms with Gasteiger partial charge in [-0.15, -0.1) is 0 Å². The molecule has 0 fully saturated rings. The first-order valence-electron chi connectivity index (χ1n) is 7.85. The zero-order chi connectivity index (χ0) is 16.7. The second-order valence-electron chi connectivity index (χ2n) is 6.74. The maximum Gasteiger partial charge on any atom is 0.155 e. The Balaban J connectivity index is 5.19. The number of carbonyl (C=O) groups excluding carboxylic acids is 1. The van der Waals surface area contributed by atoms with Gasteiger partial charge in [-0.2, -0.15) is 0 Å². The highest BCUT2D eigenvalue weighted by molar-refractivity contribution is 5.86. The van der Waals surface area contributed by atoms with Gasteiger partial charge >= 0.3 is 0 Å². The van der Waals surface area contributed by atoms with E-state index in [9.17, 15) is 9.90 Å². The van der Waals surface area contributed by atoms with Gasteiger partial charge in [0.25, 0.3) is 0 Å². The first-order chi connectivity index (χ1) is 9.59. The van der Waals surface area contributed by atoms with Crippen LogP contribution in [-0.2, 0) is 4.79 Å². The molecule has 0 saturated carbocycles. The summed E-state index contributed by atoms with van der Waals surface area (Å²) in [5, 5.41) is 10.6. The Labute approximate surface area is 130 Å². The summed E-state index contributed by atoms with van der Waals surface area (Å²) >= 11 is 0. The summed E-state index contributed by atoms with van der Waals surface area (Å²) in [7, 11) is 1.91. The van der Waals surface area contributed by atoms with Crippen LogP contribution in [0.5, 0.6) is 0 Å². The SMILES string of the molecule is CC(C)=C/C=C\[C@@H](C)[C@@H](O)[C@@H](C(=O)C(C)C)N(C)C(C)C. The molecule has 0 bridgehead atoms. The summed E-state index contributed by atoms with van der Waals surface area (Å²) in [5.74, 6) is -0.0597. The van der Waals surface area contributed by atoms with Crippen LogP contribution in [0.15, 0.2) is 23.8 Å². The van der Waals surface area contributed by atoms with Crippen LogP contribution < -0.4 is 0 Å². The maximum atomic E-state index is 12.5. The van der Waals surface area contributed by atoms with E-state index in [4.69, 9.17) is 0 Å². The molecule has 0 saturated heterocycles. The van der Waals surface area contributed by atoms with Gasteiger partial charge in [0.1, 0.15) is 0 Å². The summed E-state index contributed by atoms with van der Waals surface area (Å²) < 4.78 is 0. The molecular formula is C18H33NO2. The third-order valence-electron chi connectivity index (χ3n) is 3.82. The van der Waals surface area contributed by atoms with Crippen molar-refractivity contribution in [2.24, 2.45) is 11.8 Å². The standard InChI is InChI=1S/C18H33NO2/c1-12(2)10-9-11-15(7)18(21)16(17(20)13(3)4)19(8)14(5)6/h9-11,13-16,18,21H,1-8H3/b11-9-/t15-,16-,18-/m1/s1. The summed E-state index contributed by atoms with van der Waals surface area (Å²) in [5.41, 5.74) is 1.21. The average molecular weight is 295 g/mol. The van der Waals surface area contributed by atoms with Gasteiger partial charge in [0.2, 0.25) is 0 Å². The minimum Gasteiger partial charge on any atom is -0.390 e. The largest absolute Gasteiger partial charge is 0.390 e. The van der Waals surface area contributed by atoms with Crippen LogP contribution in [0.25, 0.3) is 0 Å². The fourth-order valence-electron chi connectivity index (χ4n) is 2.10. The lowest BCUT2D eigenvalue weighted by atomic mass is 9.88. The lowest BCUT2D eigenvalue weighted by molar-refractivity contribution is -0.132. The molecule has 0 amide bonds. The number of hydrogen-bond acceptors (Lipinski definition) is 3. The van der Waals surface area contributed by atoms with Gasteiger partial charge in [0.15, 0.2) is 5.78 Å². The first kappa shape index (κ1) is 20.1. The number of aliphatic hydroxyl groups is 1. The Kier molecular flexibility index (Phi) is 8.76. The summed E-state index contributed by atoms with van der Waals surface area (Å²) in [6.45, 7) is 13.9. The van der Waals surface area contributed by atoms with E-state index in [0.29, 0.717) is 0 Å². The van der Waals surface area contributed by atoms with Crippen LogP contribution in [-0.4, -0.2) is 41.0 Å². The lowest BCUT2D eigenvalue weighted by Gasteiger charge is -2.36. The van der Waals surface area contributed by atoms with Crippen molar-refractivity contribution in [1.29, 1.82) is 0 Å². The zero-order valence-electron chi connectivity index (χ0n) is 14.9. The van der Waals surface area contributed by atoms with E-state index in [1.807, 2.05) is 78.6 Å². The van der Waals surface area contributed by atoms with E-state index >= 15 is 0 Å². The van der Waals surface area contributed by atoms with Gasteiger partial charge in [0.05, 0.1) is 12.1 Å². The van der Waals surface area contributed by atoms with E-state index in [2.05, 4.69) is 0 Å². The van der Waals surface area contributed by atoms with Crippen molar-refractivity contribution >= 4 is 5.78 Å². The van der Waals surface area contributed by atoms with E-state index in [1.54, 1.807) is 0 Å². The number of rotatable bonds is 8. The topological polar surface area (TPSA) is 40.5 Å². The highest BCUT2D eigenvalue weighted by atomic mass is 16.3. The zero-order valence-corrected chi connectivity index (χ0v) is 14.9. The summed E-state index contributed by atoms with van der Waals surface area (Å²) in [6.07, 6.45) is 5.23. The molecule has 3 atom stereocenters. The number of aliphatic hydroxyl groups excluding tert-OH is 1. The third kappa shape index (κ3) is 6.58. The Morgan fingerprint density at radius 1 is 1.10 bits per heavy atom. The van der Waals surface area contributed by atoms with Crippen LogP contribution in [0.4, 0.5) is 0 Å². The minimum atomic E-state index is -0.700. The molecule has 0 aromatic carbocycles. The van der Waals surface area contributed by atoms with E-state index in [0.717, 1.165) is 0 Å². The quantitative estimate of drug-likeness (QED) is 0.697. The van der Waals surface area contributed by atoms with Crippen LogP contribution in [0.1, 0.15) is 48.5 Å². The number of nitrogens with zero attached hydrogens (tertiary/aromatic N) is 1. The predicted molar refractivity (Wildman–Crippen MR) is 90.3 cm³/mol. The van der Waals surface area contributed by atoms with Crippen molar-refractivity contribution < 1.29 is 9.90 Å². The predicted octanol–water partition coefficient (Wildman–Crippen LogP) is 3.44. The highest BCUT2D eigenvalue weighted by Gasteiger charge is 2.35. The molecule has 0 heterocycles. The molecule has 0 rings (SSSR count). The van der Waals surface area contributed by atoms with E-state index in [1.165, 1.54) is 5.57 Å². The van der Waals surface area contributed by atoms with Crippen LogP contribution in [0.2, 0.25) is 0 Å². The number of allylic oxidation sites excluding steroid dienone is 3. The first-order valence-corrected chi connectivity index (χ1v) is 7.85. The molecule has 122 valence electrons. The maximum absolute atomic E-state index is 12.5. The Hall–Kier alpha value is -0.930. The van der Waals surface area contributed by atoms with Gasteiger partial charge < -0.3 is 5.11 Å². The minimum absolute atomic E-state index is 0.0745. The number of Topliss-reactive ketones (excluding diaryl/α,β-unsaturated/α-hetero) is 1. The molecule has 1 N–H and O–H groups in total. The molecule has 0 aliphatic rings. The molecule has 21 heavy (non-hydrogen) atoms. The smallest absolute Gasteiger partial charge is 0.155 e. The van der Waals surface area contributed by atoms with Gasteiger partial charge in [-0.05, 0) is 34.7 Å². The summed E-state index contributed by atoms with van der Waals surface area (Å²) in [4.78, 5) is 14.4. The molecule has 0 aromatic heterocycles. The van der Waals surface area contributed by atoms with Crippen molar-refractivity contribution in [2.45, 2.75) is 66.7 Å². The Morgan fingerprint density at radius 3 is 2.00 bits per heavy atom. The molecule has 0 aliphatic carbocycles. The van der Waals surface area contributed by atoms with Gasteiger partial charge in [-0.1, -0.05) is 44.6 Å². The number of ketones is 1. The van der Waals surface area contributed by atoms with Gasteiger partial charge in [-0.25, -0.2) is 0 Å². The second-order valence-corrected chi connectivity index (χ2v) is 6.74. The molecule has 0 aliphatic heterocycles. The van der Waals surface area contributed by atoms with Crippen molar-refractivity contribution in [3.05, 3.63) is 23.8 Å². The molecular weight excluding hydrogens is 262 g/mol. The van der Waals surface area contributed by atoms with Crippen molar-refractivity contribution in [3.63, 3.8) is 0 Å². The monoisotopic (exact) mass is 295 g/mol. The van der Waals surface area contributed by atoms with Crippen molar-refractivity contribution in [3.8, 4) is 0 Å². The van der Waals surface area contributed by atoms with Crippen LogP contribution >= 0.6 is 0 Å². The average Bonchev–Trinajstić information content (AvgIpc) is 2.37. The van der Waals surface area contributed by atoms with Gasteiger partial charge in [-0.3, -0.25) is 9.69 Å². The number of carbonyl (C=O) groups is 1. The second kappa shape index (κ2) is 9.16. The molecule has 3 heteroatoms. The van der Waals surface area contributed by atoms with E-state index < -0.39 is 12.1 Å². The number of likely N-dealkylation sites (N-methyl/N-ethyl adjacent to an activating group) is 1.